The predicted molar refractivity (Wildman–Crippen MR) is 71.9 cm³/mol. The summed E-state index contributed by atoms with van der Waals surface area (Å²) in [5, 5.41) is 4.67. The molecule has 2 heteroatoms. The van der Waals surface area contributed by atoms with Crippen molar-refractivity contribution in [2.75, 3.05) is 0 Å². The molecular weight excluding hydrogens is 208 g/mol. The Balaban J connectivity index is 2.65. The Kier molecular flexibility index (Phi) is 3.05. The number of aromatic nitrogens is 2. The Labute approximate surface area is 103 Å². The Hall–Kier alpha value is -1.57. The summed E-state index contributed by atoms with van der Waals surface area (Å²) >= 11 is 0. The van der Waals surface area contributed by atoms with Gasteiger partial charge in [-0.15, -0.1) is 0 Å². The van der Waals surface area contributed by atoms with Crippen molar-refractivity contribution >= 4 is 0 Å². The van der Waals surface area contributed by atoms with E-state index >= 15 is 0 Å². The smallest absolute Gasteiger partial charge is 0.0680 e. The molecule has 17 heavy (non-hydrogen) atoms. The molecule has 0 aliphatic rings. The van der Waals surface area contributed by atoms with Gasteiger partial charge in [0.1, 0.15) is 0 Å². The van der Waals surface area contributed by atoms with E-state index in [1.54, 1.807) is 0 Å². The molecule has 0 atom stereocenters. The van der Waals surface area contributed by atoms with E-state index in [4.69, 9.17) is 0 Å². The Morgan fingerprint density at radius 2 is 1.82 bits per heavy atom. The second kappa shape index (κ2) is 4.36. The first-order valence-corrected chi connectivity index (χ1v) is 6.18. The third-order valence-electron chi connectivity index (χ3n) is 3.60. The highest BCUT2D eigenvalue weighted by molar-refractivity contribution is 5.46. The van der Waals surface area contributed by atoms with Gasteiger partial charge in [-0.2, -0.15) is 5.10 Å². The first kappa shape index (κ1) is 11.9. The van der Waals surface area contributed by atoms with Crippen LogP contribution in [0, 0.1) is 27.7 Å². The van der Waals surface area contributed by atoms with E-state index in [9.17, 15) is 0 Å². The summed E-state index contributed by atoms with van der Waals surface area (Å²) in [7, 11) is 0. The quantitative estimate of drug-likeness (QED) is 0.767. The first-order valence-electron chi connectivity index (χ1n) is 6.18. The zero-order valence-corrected chi connectivity index (χ0v) is 11.3. The van der Waals surface area contributed by atoms with Gasteiger partial charge in [-0.3, -0.25) is 0 Å². The summed E-state index contributed by atoms with van der Waals surface area (Å²) in [5.74, 6) is 0. The summed E-state index contributed by atoms with van der Waals surface area (Å²) in [6.07, 6.45) is 1.04. The highest BCUT2D eigenvalue weighted by Gasteiger charge is 2.12. The lowest BCUT2D eigenvalue weighted by Gasteiger charge is -2.10. The van der Waals surface area contributed by atoms with Crippen molar-refractivity contribution in [2.45, 2.75) is 41.0 Å². The number of hydrogen-bond donors (Lipinski definition) is 0. The predicted octanol–water partition coefficient (Wildman–Crippen LogP) is 3.67. The van der Waals surface area contributed by atoms with Crippen molar-refractivity contribution in [1.82, 2.24) is 9.78 Å². The number of benzene rings is 1. The zero-order chi connectivity index (χ0) is 12.6. The first-order chi connectivity index (χ1) is 8.06. The van der Waals surface area contributed by atoms with Crippen LogP contribution >= 0.6 is 0 Å². The monoisotopic (exact) mass is 228 g/mol. The minimum Gasteiger partial charge on any atom is -0.237 e. The van der Waals surface area contributed by atoms with Crippen molar-refractivity contribution in [3.05, 3.63) is 46.3 Å². The van der Waals surface area contributed by atoms with Crippen LogP contribution in [-0.2, 0) is 6.42 Å². The number of nitrogens with zero attached hydrogens (tertiary/aromatic N) is 2. The molecule has 1 aromatic heterocycles. The van der Waals surface area contributed by atoms with E-state index < -0.39 is 0 Å². The molecule has 0 aliphatic carbocycles. The molecule has 0 saturated heterocycles. The molecule has 0 N–H and O–H groups in total. The molecule has 0 bridgehead atoms. The molecule has 1 heterocycles. The summed E-state index contributed by atoms with van der Waals surface area (Å²) in [6.45, 7) is 10.7. The average molecular weight is 228 g/mol. The molecule has 0 amide bonds. The normalized spacial score (nSPS) is 10.9. The lowest BCUT2D eigenvalue weighted by molar-refractivity contribution is 0.825. The van der Waals surface area contributed by atoms with Crippen LogP contribution in [-0.4, -0.2) is 9.78 Å². The van der Waals surface area contributed by atoms with Crippen molar-refractivity contribution in [3.8, 4) is 5.69 Å². The lowest BCUT2D eigenvalue weighted by Crippen LogP contribution is -2.02. The minimum atomic E-state index is 1.04. The van der Waals surface area contributed by atoms with Gasteiger partial charge in [-0.1, -0.05) is 19.1 Å². The third kappa shape index (κ3) is 1.88. The van der Waals surface area contributed by atoms with Crippen molar-refractivity contribution in [2.24, 2.45) is 0 Å². The van der Waals surface area contributed by atoms with E-state index in [0.717, 1.165) is 12.1 Å². The highest BCUT2D eigenvalue weighted by atomic mass is 15.3. The van der Waals surface area contributed by atoms with Crippen LogP contribution in [0.4, 0.5) is 0 Å². The van der Waals surface area contributed by atoms with Gasteiger partial charge < -0.3 is 0 Å². The molecule has 0 aliphatic heterocycles. The Morgan fingerprint density at radius 1 is 1.12 bits per heavy atom. The van der Waals surface area contributed by atoms with Crippen LogP contribution in [0.1, 0.15) is 35.0 Å². The summed E-state index contributed by atoms with van der Waals surface area (Å²) in [6, 6.07) is 6.38. The fourth-order valence-corrected chi connectivity index (χ4v) is 2.39. The highest BCUT2D eigenvalue weighted by Crippen LogP contribution is 2.22. The molecule has 0 spiro atoms. The van der Waals surface area contributed by atoms with Crippen LogP contribution in [0.15, 0.2) is 18.2 Å². The fraction of sp³-hybridized carbons (Fsp3) is 0.400. The van der Waals surface area contributed by atoms with Crippen molar-refractivity contribution in [1.29, 1.82) is 0 Å². The molecule has 2 nitrogen and oxygen atoms in total. The summed E-state index contributed by atoms with van der Waals surface area (Å²) in [4.78, 5) is 0. The van der Waals surface area contributed by atoms with Gasteiger partial charge >= 0.3 is 0 Å². The maximum Gasteiger partial charge on any atom is 0.0680 e. The van der Waals surface area contributed by atoms with E-state index in [0.29, 0.717) is 0 Å². The molecule has 0 fully saturated rings. The van der Waals surface area contributed by atoms with Crippen molar-refractivity contribution in [3.63, 3.8) is 0 Å². The molecule has 1 aromatic carbocycles. The van der Waals surface area contributed by atoms with E-state index in [1.165, 1.54) is 28.1 Å². The van der Waals surface area contributed by atoms with Gasteiger partial charge in [0.25, 0.3) is 0 Å². The van der Waals surface area contributed by atoms with Crippen LogP contribution in [0.2, 0.25) is 0 Å². The van der Waals surface area contributed by atoms with E-state index in [1.807, 2.05) is 0 Å². The van der Waals surface area contributed by atoms with Crippen LogP contribution in [0.25, 0.3) is 5.69 Å². The van der Waals surface area contributed by atoms with E-state index in [2.05, 4.69) is 62.6 Å². The number of rotatable bonds is 2. The maximum atomic E-state index is 4.67. The van der Waals surface area contributed by atoms with E-state index in [-0.39, 0.29) is 0 Å². The molecular formula is C15H20N2. The summed E-state index contributed by atoms with van der Waals surface area (Å²) in [5.41, 5.74) is 7.59. The Bertz CT molecular complexity index is 550. The Morgan fingerprint density at radius 3 is 2.41 bits per heavy atom. The lowest BCUT2D eigenvalue weighted by atomic mass is 10.1. The van der Waals surface area contributed by atoms with Gasteiger partial charge in [-0.05, 0) is 56.9 Å². The average Bonchev–Trinajstić information content (AvgIpc) is 2.58. The maximum absolute atomic E-state index is 4.67. The third-order valence-corrected chi connectivity index (χ3v) is 3.60. The standard InChI is InChI=1S/C15H20N2/c1-6-14-12(4)16-17(13(14)5)15-9-7-8-10(2)11(15)3/h7-9H,6H2,1-5H3. The van der Waals surface area contributed by atoms with Gasteiger partial charge in [0, 0.05) is 5.69 Å². The molecule has 0 saturated carbocycles. The van der Waals surface area contributed by atoms with Gasteiger partial charge in [0.15, 0.2) is 0 Å². The van der Waals surface area contributed by atoms with Gasteiger partial charge in [-0.25, -0.2) is 4.68 Å². The van der Waals surface area contributed by atoms with Crippen LogP contribution in [0.3, 0.4) is 0 Å². The molecule has 2 rings (SSSR count). The van der Waals surface area contributed by atoms with Crippen LogP contribution in [0.5, 0.6) is 0 Å². The second-order valence-corrected chi connectivity index (χ2v) is 4.63. The van der Waals surface area contributed by atoms with Gasteiger partial charge in [0.05, 0.1) is 11.4 Å². The fourth-order valence-electron chi connectivity index (χ4n) is 2.39. The molecule has 0 radical (unpaired) electrons. The molecule has 90 valence electrons. The zero-order valence-electron chi connectivity index (χ0n) is 11.3. The van der Waals surface area contributed by atoms with Gasteiger partial charge in [0.2, 0.25) is 0 Å². The van der Waals surface area contributed by atoms with Crippen LogP contribution < -0.4 is 0 Å². The second-order valence-electron chi connectivity index (χ2n) is 4.63. The molecule has 0 unspecified atom stereocenters. The number of aryl methyl sites for hydroxylation is 2. The summed E-state index contributed by atoms with van der Waals surface area (Å²) < 4.78 is 2.08. The number of hydrogen-bond acceptors (Lipinski definition) is 1. The molecule has 2 aromatic rings. The largest absolute Gasteiger partial charge is 0.237 e. The van der Waals surface area contributed by atoms with Crippen molar-refractivity contribution < 1.29 is 0 Å². The SMILES string of the molecule is CCc1c(C)nn(-c2cccc(C)c2C)c1C. The minimum absolute atomic E-state index is 1.04. The topological polar surface area (TPSA) is 17.8 Å².